The maximum Gasteiger partial charge on any atom is 0.317 e. The highest BCUT2D eigenvalue weighted by molar-refractivity contribution is 5.92. The zero-order chi connectivity index (χ0) is 27.4. The number of nitrogens with zero attached hydrogens (tertiary/aromatic N) is 2. The molecule has 39 heavy (non-hydrogen) atoms. The van der Waals surface area contributed by atoms with Gasteiger partial charge in [0.25, 0.3) is 0 Å². The minimum Gasteiger partial charge on any atom is -0.468 e. The number of hydrogen-bond donors (Lipinski definition) is 1. The lowest BCUT2D eigenvalue weighted by Crippen LogP contribution is -2.53. The Morgan fingerprint density at radius 1 is 1.15 bits per heavy atom. The van der Waals surface area contributed by atoms with Crippen molar-refractivity contribution in [3.8, 4) is 11.5 Å². The Morgan fingerprint density at radius 3 is 2.79 bits per heavy atom. The number of likely N-dealkylation sites (tertiary alicyclic amines) is 2. The first-order valence-electron chi connectivity index (χ1n) is 13.9. The average Bonchev–Trinajstić information content (AvgIpc) is 3.51. The van der Waals surface area contributed by atoms with E-state index in [4.69, 9.17) is 14.2 Å². The third-order valence-corrected chi connectivity index (χ3v) is 8.27. The van der Waals surface area contributed by atoms with Crippen molar-refractivity contribution in [2.24, 2.45) is 11.3 Å². The fourth-order valence-electron chi connectivity index (χ4n) is 6.32. The summed E-state index contributed by atoms with van der Waals surface area (Å²) in [5.41, 5.74) is 0.552. The minimum atomic E-state index is -0.976. The fourth-order valence-corrected chi connectivity index (χ4v) is 6.32. The Kier molecular flexibility index (Phi) is 8.09. The van der Waals surface area contributed by atoms with Gasteiger partial charge >= 0.3 is 5.97 Å². The molecule has 1 N–H and O–H groups in total. The van der Waals surface area contributed by atoms with E-state index >= 15 is 0 Å². The molecule has 1 aromatic rings. The van der Waals surface area contributed by atoms with Crippen LogP contribution in [-0.4, -0.2) is 67.0 Å². The molecule has 5 rings (SSSR count). The third kappa shape index (κ3) is 5.60. The van der Waals surface area contributed by atoms with E-state index in [1.54, 1.807) is 4.90 Å². The summed E-state index contributed by atoms with van der Waals surface area (Å²) in [6.45, 7) is 2.22. The lowest BCUT2D eigenvalue weighted by molar-refractivity contribution is -0.160. The van der Waals surface area contributed by atoms with Gasteiger partial charge in [0, 0.05) is 44.1 Å². The van der Waals surface area contributed by atoms with Gasteiger partial charge in [0.15, 0.2) is 11.5 Å². The molecule has 3 heterocycles. The molecular formula is C29H37N3O7. The SMILES string of the molecule is COC(=O)[C@]12CCCCC=C1N(Cc1ccc3c(c1)OCO3)C(=O)[C@H](CC(=O)NCCCN1CCCC1=O)C2. The Bertz CT molecular complexity index is 1170. The summed E-state index contributed by atoms with van der Waals surface area (Å²) in [5, 5.41) is 2.91. The summed E-state index contributed by atoms with van der Waals surface area (Å²) in [6.07, 6.45) is 7.46. The first-order valence-corrected chi connectivity index (χ1v) is 13.9. The molecule has 1 aromatic carbocycles. The number of esters is 1. The number of carbonyl (C=O) groups is 4. The van der Waals surface area contributed by atoms with Crippen molar-refractivity contribution in [2.75, 3.05) is 33.5 Å². The molecule has 210 valence electrons. The molecule has 2 fully saturated rings. The molecule has 2 saturated heterocycles. The van der Waals surface area contributed by atoms with Crippen LogP contribution in [0.2, 0.25) is 0 Å². The van der Waals surface area contributed by atoms with Gasteiger partial charge in [-0.1, -0.05) is 18.6 Å². The van der Waals surface area contributed by atoms with Crippen molar-refractivity contribution in [3.63, 3.8) is 0 Å². The lowest BCUT2D eigenvalue weighted by Gasteiger charge is -2.46. The predicted molar refractivity (Wildman–Crippen MR) is 140 cm³/mol. The quantitative estimate of drug-likeness (QED) is 0.379. The topological polar surface area (TPSA) is 114 Å². The second-order valence-corrected chi connectivity index (χ2v) is 10.8. The van der Waals surface area contributed by atoms with E-state index < -0.39 is 11.3 Å². The molecule has 1 aliphatic carbocycles. The van der Waals surface area contributed by atoms with E-state index in [2.05, 4.69) is 5.32 Å². The van der Waals surface area contributed by atoms with Crippen molar-refractivity contribution in [1.29, 1.82) is 0 Å². The molecule has 0 saturated carbocycles. The summed E-state index contributed by atoms with van der Waals surface area (Å²) in [4.78, 5) is 55.5. The van der Waals surface area contributed by atoms with E-state index in [0.717, 1.165) is 37.8 Å². The molecule has 0 aromatic heterocycles. The van der Waals surface area contributed by atoms with Gasteiger partial charge in [0.1, 0.15) is 5.41 Å². The van der Waals surface area contributed by atoms with Gasteiger partial charge in [-0.15, -0.1) is 0 Å². The predicted octanol–water partition coefficient (Wildman–Crippen LogP) is 2.90. The van der Waals surface area contributed by atoms with E-state index in [9.17, 15) is 19.2 Å². The van der Waals surface area contributed by atoms with Crippen LogP contribution in [0.4, 0.5) is 0 Å². The Balaban J connectivity index is 1.33. The van der Waals surface area contributed by atoms with Crippen molar-refractivity contribution >= 4 is 23.7 Å². The number of allylic oxidation sites excluding steroid dienone is 1. The number of fused-ring (bicyclic) bond motifs is 2. The van der Waals surface area contributed by atoms with Crippen molar-refractivity contribution in [2.45, 2.75) is 64.3 Å². The van der Waals surface area contributed by atoms with E-state index in [1.165, 1.54) is 7.11 Å². The van der Waals surface area contributed by atoms with Crippen LogP contribution in [0.25, 0.3) is 0 Å². The number of carbonyl (C=O) groups excluding carboxylic acids is 4. The van der Waals surface area contributed by atoms with Crippen LogP contribution in [-0.2, 0) is 30.5 Å². The first kappa shape index (κ1) is 27.0. The van der Waals surface area contributed by atoms with Crippen LogP contribution in [0.3, 0.4) is 0 Å². The van der Waals surface area contributed by atoms with E-state index in [-0.39, 0.29) is 49.9 Å². The van der Waals surface area contributed by atoms with Crippen molar-refractivity contribution in [3.05, 3.63) is 35.5 Å². The number of methoxy groups -OCH3 is 1. The number of nitrogens with one attached hydrogen (secondary N) is 1. The number of hydrogen-bond acceptors (Lipinski definition) is 7. The monoisotopic (exact) mass is 539 g/mol. The highest BCUT2D eigenvalue weighted by atomic mass is 16.7. The number of benzene rings is 1. The van der Waals surface area contributed by atoms with E-state index in [1.807, 2.05) is 29.2 Å². The van der Waals surface area contributed by atoms with Gasteiger partial charge < -0.3 is 29.3 Å². The lowest BCUT2D eigenvalue weighted by atomic mass is 9.69. The van der Waals surface area contributed by atoms with Crippen LogP contribution in [0.5, 0.6) is 11.5 Å². The van der Waals surface area contributed by atoms with Gasteiger partial charge in [-0.3, -0.25) is 19.2 Å². The Labute approximate surface area is 228 Å². The summed E-state index contributed by atoms with van der Waals surface area (Å²) in [6, 6.07) is 5.56. The molecule has 3 amide bonds. The molecule has 2 atom stereocenters. The van der Waals surface area contributed by atoms with Crippen LogP contribution < -0.4 is 14.8 Å². The normalized spacial score (nSPS) is 24.2. The Morgan fingerprint density at radius 2 is 2.00 bits per heavy atom. The molecule has 3 aliphatic heterocycles. The minimum absolute atomic E-state index is 0.00879. The first-order chi connectivity index (χ1) is 18.9. The van der Waals surface area contributed by atoms with Crippen LogP contribution in [0.1, 0.15) is 63.4 Å². The molecular weight excluding hydrogens is 502 g/mol. The van der Waals surface area contributed by atoms with Gasteiger partial charge in [-0.05, 0) is 56.2 Å². The summed E-state index contributed by atoms with van der Waals surface area (Å²) >= 11 is 0. The maximum absolute atomic E-state index is 13.9. The van der Waals surface area contributed by atoms with Gasteiger partial charge in [-0.2, -0.15) is 0 Å². The second kappa shape index (κ2) is 11.7. The van der Waals surface area contributed by atoms with Crippen molar-refractivity contribution < 1.29 is 33.4 Å². The molecule has 10 heteroatoms. The van der Waals surface area contributed by atoms with Crippen molar-refractivity contribution in [1.82, 2.24) is 15.1 Å². The number of piperidine rings is 1. The molecule has 0 spiro atoms. The van der Waals surface area contributed by atoms with Crippen LogP contribution >= 0.6 is 0 Å². The molecule has 4 aliphatic rings. The highest BCUT2D eigenvalue weighted by Gasteiger charge is 2.53. The molecule has 0 radical (unpaired) electrons. The summed E-state index contributed by atoms with van der Waals surface area (Å²) < 4.78 is 16.3. The summed E-state index contributed by atoms with van der Waals surface area (Å²) in [5.74, 6) is 0.0241. The number of ether oxygens (including phenoxy) is 3. The second-order valence-electron chi connectivity index (χ2n) is 10.8. The molecule has 0 bridgehead atoms. The Hall–Kier alpha value is -3.56. The fraction of sp³-hybridized carbons (Fsp3) is 0.586. The van der Waals surface area contributed by atoms with Gasteiger partial charge in [0.05, 0.1) is 13.7 Å². The number of amides is 3. The molecule has 0 unspecified atom stereocenters. The maximum atomic E-state index is 13.9. The number of rotatable bonds is 9. The largest absolute Gasteiger partial charge is 0.468 e. The standard InChI is InChI=1S/C29H37N3O7/c1-37-28(36)29-11-4-2-3-7-24(29)32(18-20-9-10-22-23(15-20)39-19-38-22)27(35)21(17-29)16-25(33)30-12-6-14-31-13-5-8-26(31)34/h7,9-10,15,21H,2-6,8,11-14,16-19H2,1H3,(H,30,33)/t21-,29+/m1/s1. The third-order valence-electron chi connectivity index (χ3n) is 8.27. The van der Waals surface area contributed by atoms with E-state index in [0.29, 0.717) is 49.5 Å². The van der Waals surface area contributed by atoms with Gasteiger partial charge in [-0.25, -0.2) is 0 Å². The van der Waals surface area contributed by atoms with Gasteiger partial charge in [0.2, 0.25) is 24.5 Å². The zero-order valence-corrected chi connectivity index (χ0v) is 22.5. The average molecular weight is 540 g/mol. The highest BCUT2D eigenvalue weighted by Crippen LogP contribution is 2.50. The van der Waals surface area contributed by atoms with Crippen LogP contribution in [0, 0.1) is 11.3 Å². The smallest absolute Gasteiger partial charge is 0.317 e. The summed E-state index contributed by atoms with van der Waals surface area (Å²) in [7, 11) is 1.38. The molecule has 10 nitrogen and oxygen atoms in total. The zero-order valence-electron chi connectivity index (χ0n) is 22.5. The van der Waals surface area contributed by atoms with Crippen LogP contribution in [0.15, 0.2) is 30.0 Å².